The average Bonchev–Trinajstić information content (AvgIpc) is 3.28. The third-order valence-corrected chi connectivity index (χ3v) is 4.77. The van der Waals surface area contributed by atoms with Crippen LogP contribution in [0.3, 0.4) is 0 Å². The number of aromatic nitrogens is 3. The van der Waals surface area contributed by atoms with Crippen molar-refractivity contribution in [3.05, 3.63) is 82.7 Å². The van der Waals surface area contributed by atoms with Gasteiger partial charge in [-0.05, 0) is 25.0 Å². The second-order valence-corrected chi connectivity index (χ2v) is 7.01. The lowest BCUT2D eigenvalue weighted by molar-refractivity contribution is 0.0252. The van der Waals surface area contributed by atoms with Gasteiger partial charge in [0.1, 0.15) is 5.69 Å². The Bertz CT molecular complexity index is 854. The highest BCUT2D eigenvalue weighted by Gasteiger charge is 2.29. The van der Waals surface area contributed by atoms with E-state index in [1.807, 2.05) is 10.9 Å². The van der Waals surface area contributed by atoms with Gasteiger partial charge < -0.3 is 4.74 Å². The van der Waals surface area contributed by atoms with Crippen LogP contribution in [-0.4, -0.2) is 33.0 Å². The number of hydrogen-bond acceptors (Lipinski definition) is 4. The molecule has 4 rings (SSSR count). The topological polar surface area (TPSA) is 43.2 Å². The van der Waals surface area contributed by atoms with Gasteiger partial charge in [-0.25, -0.2) is 4.68 Å². The fraction of sp³-hybridized carbons (Fsp3) is 0.333. The summed E-state index contributed by atoms with van der Waals surface area (Å²) < 4.78 is 7.82. The zero-order chi connectivity index (χ0) is 17.9. The van der Waals surface area contributed by atoms with E-state index in [0.717, 1.165) is 31.9 Å². The summed E-state index contributed by atoms with van der Waals surface area (Å²) >= 11 is 0. The van der Waals surface area contributed by atoms with Crippen molar-refractivity contribution in [3.8, 4) is 0 Å². The van der Waals surface area contributed by atoms with Crippen LogP contribution < -0.4 is 0 Å². The number of nitrogens with zero attached hydrogens (tertiary/aromatic N) is 4. The molecule has 3 aromatic rings. The van der Waals surface area contributed by atoms with Crippen LogP contribution in [0.25, 0.3) is 0 Å². The van der Waals surface area contributed by atoms with Crippen molar-refractivity contribution in [2.45, 2.75) is 33.2 Å². The van der Waals surface area contributed by atoms with Crippen molar-refractivity contribution < 1.29 is 4.74 Å². The number of benzene rings is 2. The monoisotopic (exact) mass is 348 g/mol. The zero-order valence-corrected chi connectivity index (χ0v) is 15.3. The predicted octanol–water partition coefficient (Wildman–Crippen LogP) is 3.47. The van der Waals surface area contributed by atoms with Gasteiger partial charge in [-0.1, -0.05) is 64.9 Å². The SMILES string of the molecule is Cc1ccc(CN2CCO[C@@H]2c2cn(Cc3ccc(C)cc3)nn2)cc1. The molecule has 1 fully saturated rings. The van der Waals surface area contributed by atoms with Crippen molar-refractivity contribution in [1.82, 2.24) is 19.9 Å². The second kappa shape index (κ2) is 7.40. The molecule has 2 aromatic carbocycles. The van der Waals surface area contributed by atoms with Gasteiger partial charge in [0, 0.05) is 13.1 Å². The van der Waals surface area contributed by atoms with Crippen molar-refractivity contribution in [1.29, 1.82) is 0 Å². The molecule has 134 valence electrons. The van der Waals surface area contributed by atoms with Crippen LogP contribution >= 0.6 is 0 Å². The van der Waals surface area contributed by atoms with Crippen LogP contribution in [0, 0.1) is 13.8 Å². The first-order valence-electron chi connectivity index (χ1n) is 9.04. The summed E-state index contributed by atoms with van der Waals surface area (Å²) in [6.45, 7) is 7.41. The number of hydrogen-bond donors (Lipinski definition) is 0. The van der Waals surface area contributed by atoms with Crippen molar-refractivity contribution in [2.24, 2.45) is 0 Å². The Balaban J connectivity index is 1.45. The second-order valence-electron chi connectivity index (χ2n) is 7.01. The molecule has 5 heteroatoms. The summed E-state index contributed by atoms with van der Waals surface area (Å²) in [6, 6.07) is 17.2. The van der Waals surface area contributed by atoms with Crippen LogP contribution in [0.4, 0.5) is 0 Å². The van der Waals surface area contributed by atoms with Gasteiger partial charge in [-0.3, -0.25) is 4.90 Å². The van der Waals surface area contributed by atoms with Gasteiger partial charge in [0.25, 0.3) is 0 Å². The van der Waals surface area contributed by atoms with E-state index in [4.69, 9.17) is 4.74 Å². The largest absolute Gasteiger partial charge is 0.356 e. The fourth-order valence-electron chi connectivity index (χ4n) is 3.25. The van der Waals surface area contributed by atoms with Crippen molar-refractivity contribution >= 4 is 0 Å². The molecule has 0 radical (unpaired) electrons. The van der Waals surface area contributed by atoms with Gasteiger partial charge in [-0.2, -0.15) is 0 Å². The molecule has 0 amide bonds. The molecular formula is C21H24N4O. The average molecular weight is 348 g/mol. The summed E-state index contributed by atoms with van der Waals surface area (Å²) in [5.41, 5.74) is 5.93. The first-order valence-corrected chi connectivity index (χ1v) is 9.04. The molecule has 26 heavy (non-hydrogen) atoms. The molecule has 0 bridgehead atoms. The number of ether oxygens (including phenoxy) is 1. The number of aryl methyl sites for hydroxylation is 2. The minimum absolute atomic E-state index is 0.122. The maximum atomic E-state index is 5.94. The molecule has 0 spiro atoms. The van der Waals surface area contributed by atoms with Gasteiger partial charge in [-0.15, -0.1) is 5.10 Å². The van der Waals surface area contributed by atoms with Crippen LogP contribution in [-0.2, 0) is 17.8 Å². The first-order chi connectivity index (χ1) is 12.7. The highest BCUT2D eigenvalue weighted by molar-refractivity contribution is 5.22. The molecule has 1 atom stereocenters. The number of rotatable bonds is 5. The van der Waals surface area contributed by atoms with E-state index in [2.05, 4.69) is 77.6 Å². The van der Waals surface area contributed by atoms with Crippen LogP contribution in [0.2, 0.25) is 0 Å². The Labute approximate surface area is 154 Å². The molecule has 0 unspecified atom stereocenters. The predicted molar refractivity (Wildman–Crippen MR) is 101 cm³/mol. The Kier molecular flexibility index (Phi) is 4.82. The van der Waals surface area contributed by atoms with Gasteiger partial charge in [0.15, 0.2) is 6.23 Å². The molecular weight excluding hydrogens is 324 g/mol. The van der Waals surface area contributed by atoms with Crippen molar-refractivity contribution in [3.63, 3.8) is 0 Å². The Morgan fingerprint density at radius 3 is 2.19 bits per heavy atom. The summed E-state index contributed by atoms with van der Waals surface area (Å²) in [6.07, 6.45) is 1.88. The molecule has 1 aliphatic rings. The van der Waals surface area contributed by atoms with E-state index >= 15 is 0 Å². The molecule has 2 heterocycles. The van der Waals surface area contributed by atoms with Crippen LogP contribution in [0.5, 0.6) is 0 Å². The summed E-state index contributed by atoms with van der Waals surface area (Å²) in [5, 5.41) is 8.66. The van der Waals surface area contributed by atoms with E-state index in [0.29, 0.717) is 0 Å². The first kappa shape index (κ1) is 16.9. The summed E-state index contributed by atoms with van der Waals surface area (Å²) in [5.74, 6) is 0. The lowest BCUT2D eigenvalue weighted by Gasteiger charge is -2.21. The standard InChI is InChI=1S/C21H24N4O/c1-16-3-7-18(8-4-16)13-24-11-12-26-21(24)20-15-25(23-22-20)14-19-9-5-17(2)6-10-19/h3-10,15,21H,11-14H2,1-2H3/t21-/m1/s1. The smallest absolute Gasteiger partial charge is 0.157 e. The Hall–Kier alpha value is -2.50. The van der Waals surface area contributed by atoms with E-state index in [1.54, 1.807) is 0 Å². The molecule has 0 N–H and O–H groups in total. The summed E-state index contributed by atoms with van der Waals surface area (Å²) in [7, 11) is 0. The van der Waals surface area contributed by atoms with Gasteiger partial charge >= 0.3 is 0 Å². The quantitative estimate of drug-likeness (QED) is 0.708. The molecule has 1 aromatic heterocycles. The third kappa shape index (κ3) is 3.84. The molecule has 0 aliphatic carbocycles. The Morgan fingerprint density at radius 1 is 0.923 bits per heavy atom. The van der Waals surface area contributed by atoms with Crippen molar-refractivity contribution in [2.75, 3.05) is 13.2 Å². The minimum Gasteiger partial charge on any atom is -0.356 e. The molecule has 0 saturated carbocycles. The third-order valence-electron chi connectivity index (χ3n) is 4.77. The Morgan fingerprint density at radius 2 is 1.54 bits per heavy atom. The molecule has 1 aliphatic heterocycles. The van der Waals surface area contributed by atoms with Crippen LogP contribution in [0.1, 0.15) is 34.2 Å². The fourth-order valence-corrected chi connectivity index (χ4v) is 3.25. The minimum atomic E-state index is -0.122. The van der Waals surface area contributed by atoms with E-state index in [9.17, 15) is 0 Å². The zero-order valence-electron chi connectivity index (χ0n) is 15.3. The normalized spacial score (nSPS) is 17.7. The van der Waals surface area contributed by atoms with Crippen LogP contribution in [0.15, 0.2) is 54.7 Å². The molecule has 5 nitrogen and oxygen atoms in total. The van der Waals surface area contributed by atoms with E-state index in [-0.39, 0.29) is 6.23 Å². The van der Waals surface area contributed by atoms with E-state index in [1.165, 1.54) is 22.3 Å². The lowest BCUT2D eigenvalue weighted by atomic mass is 10.1. The van der Waals surface area contributed by atoms with E-state index < -0.39 is 0 Å². The lowest BCUT2D eigenvalue weighted by Crippen LogP contribution is -2.23. The highest BCUT2D eigenvalue weighted by Crippen LogP contribution is 2.27. The molecule has 1 saturated heterocycles. The van der Waals surface area contributed by atoms with Gasteiger partial charge in [0.05, 0.1) is 19.3 Å². The highest BCUT2D eigenvalue weighted by atomic mass is 16.5. The van der Waals surface area contributed by atoms with Gasteiger partial charge in [0.2, 0.25) is 0 Å². The maximum Gasteiger partial charge on any atom is 0.157 e. The maximum absolute atomic E-state index is 5.94. The summed E-state index contributed by atoms with van der Waals surface area (Å²) in [4.78, 5) is 2.31.